The summed E-state index contributed by atoms with van der Waals surface area (Å²) in [6.45, 7) is 0.111. The molecule has 1 aromatic rings. The predicted octanol–water partition coefficient (Wildman–Crippen LogP) is 0.335. The van der Waals surface area contributed by atoms with Gasteiger partial charge in [-0.1, -0.05) is 6.07 Å². The van der Waals surface area contributed by atoms with Gasteiger partial charge in [-0.15, -0.1) is 0 Å². The SMILES string of the molecule is OCC(O)CNc1ccc2c(n1)CCC2. The van der Waals surface area contributed by atoms with Crippen molar-refractivity contribution >= 4 is 5.82 Å². The molecule has 1 aliphatic carbocycles. The lowest BCUT2D eigenvalue weighted by Gasteiger charge is -2.10. The molecule has 0 bridgehead atoms. The summed E-state index contributed by atoms with van der Waals surface area (Å²) < 4.78 is 0. The lowest BCUT2D eigenvalue weighted by Crippen LogP contribution is -2.23. The van der Waals surface area contributed by atoms with Crippen molar-refractivity contribution in [2.24, 2.45) is 0 Å². The van der Waals surface area contributed by atoms with E-state index in [9.17, 15) is 5.11 Å². The third-order valence-electron chi connectivity index (χ3n) is 2.66. The van der Waals surface area contributed by atoms with Gasteiger partial charge in [-0.2, -0.15) is 0 Å². The van der Waals surface area contributed by atoms with Gasteiger partial charge in [0.25, 0.3) is 0 Å². The predicted molar refractivity (Wildman–Crippen MR) is 57.8 cm³/mol. The molecule has 1 atom stereocenters. The Bertz CT molecular complexity index is 341. The van der Waals surface area contributed by atoms with Crippen molar-refractivity contribution in [1.82, 2.24) is 4.98 Å². The lowest BCUT2D eigenvalue weighted by atomic mass is 10.2. The molecule has 15 heavy (non-hydrogen) atoms. The zero-order chi connectivity index (χ0) is 10.7. The van der Waals surface area contributed by atoms with Gasteiger partial charge in [0.1, 0.15) is 5.82 Å². The van der Waals surface area contributed by atoms with Crippen LogP contribution in [0.1, 0.15) is 17.7 Å². The summed E-state index contributed by atoms with van der Waals surface area (Å²) in [6, 6.07) is 4.01. The minimum absolute atomic E-state index is 0.224. The summed E-state index contributed by atoms with van der Waals surface area (Å²) in [7, 11) is 0. The van der Waals surface area contributed by atoms with Gasteiger partial charge in [-0.3, -0.25) is 0 Å². The van der Waals surface area contributed by atoms with Crippen molar-refractivity contribution in [3.05, 3.63) is 23.4 Å². The Hall–Kier alpha value is -1.13. The molecule has 3 N–H and O–H groups in total. The molecule has 0 radical (unpaired) electrons. The van der Waals surface area contributed by atoms with E-state index in [1.165, 1.54) is 17.7 Å². The summed E-state index contributed by atoms with van der Waals surface area (Å²) in [5, 5.41) is 20.8. The number of hydrogen-bond acceptors (Lipinski definition) is 4. The minimum Gasteiger partial charge on any atom is -0.394 e. The minimum atomic E-state index is -0.722. The van der Waals surface area contributed by atoms with Crippen LogP contribution < -0.4 is 5.32 Å². The third-order valence-corrected chi connectivity index (χ3v) is 2.66. The normalized spacial score (nSPS) is 16.1. The van der Waals surface area contributed by atoms with Crippen LogP contribution in [0, 0.1) is 0 Å². The molecule has 0 saturated heterocycles. The number of pyridine rings is 1. The second-order valence-corrected chi connectivity index (χ2v) is 3.87. The van der Waals surface area contributed by atoms with Crippen LogP contribution in [0.25, 0.3) is 0 Å². The first-order chi connectivity index (χ1) is 7.29. The number of anilines is 1. The monoisotopic (exact) mass is 208 g/mol. The number of fused-ring (bicyclic) bond motifs is 1. The van der Waals surface area contributed by atoms with Crippen molar-refractivity contribution in [1.29, 1.82) is 0 Å². The molecule has 0 saturated carbocycles. The van der Waals surface area contributed by atoms with E-state index >= 15 is 0 Å². The first kappa shape index (κ1) is 10.4. The van der Waals surface area contributed by atoms with E-state index in [-0.39, 0.29) is 6.61 Å². The molecule has 0 aromatic carbocycles. The first-order valence-electron chi connectivity index (χ1n) is 5.31. The molecule has 0 amide bonds. The fourth-order valence-corrected chi connectivity index (χ4v) is 1.81. The molecule has 1 unspecified atom stereocenters. The highest BCUT2D eigenvalue weighted by Crippen LogP contribution is 2.21. The number of aryl methyl sites for hydroxylation is 2. The van der Waals surface area contributed by atoms with Gasteiger partial charge in [0.05, 0.1) is 12.7 Å². The summed E-state index contributed by atoms with van der Waals surface area (Å²) in [4.78, 5) is 4.46. The second-order valence-electron chi connectivity index (χ2n) is 3.87. The van der Waals surface area contributed by atoms with Crippen LogP contribution in [0.15, 0.2) is 12.1 Å². The molecule has 0 spiro atoms. The van der Waals surface area contributed by atoms with Gasteiger partial charge in [-0.05, 0) is 30.9 Å². The molecule has 0 aliphatic heterocycles. The zero-order valence-corrected chi connectivity index (χ0v) is 8.61. The molecule has 82 valence electrons. The van der Waals surface area contributed by atoms with Gasteiger partial charge in [0.2, 0.25) is 0 Å². The summed E-state index contributed by atoms with van der Waals surface area (Å²) in [5.41, 5.74) is 2.50. The van der Waals surface area contributed by atoms with E-state index in [2.05, 4.69) is 16.4 Å². The van der Waals surface area contributed by atoms with E-state index in [0.29, 0.717) is 6.54 Å². The molecule has 1 aliphatic rings. The number of hydrogen-bond donors (Lipinski definition) is 3. The molecule has 1 aromatic heterocycles. The maximum absolute atomic E-state index is 9.17. The number of aliphatic hydroxyl groups is 2. The van der Waals surface area contributed by atoms with Crippen LogP contribution in [0.5, 0.6) is 0 Å². The number of rotatable bonds is 4. The zero-order valence-electron chi connectivity index (χ0n) is 8.61. The van der Waals surface area contributed by atoms with Crippen LogP contribution in [0.2, 0.25) is 0 Å². The molecule has 2 rings (SSSR count). The van der Waals surface area contributed by atoms with Crippen LogP contribution in [0.3, 0.4) is 0 Å². The van der Waals surface area contributed by atoms with Crippen LogP contribution in [-0.2, 0) is 12.8 Å². The summed E-state index contributed by atoms with van der Waals surface area (Å²) >= 11 is 0. The molecule has 4 nitrogen and oxygen atoms in total. The fraction of sp³-hybridized carbons (Fsp3) is 0.545. The number of aliphatic hydroxyl groups excluding tert-OH is 2. The molecular weight excluding hydrogens is 192 g/mol. The topological polar surface area (TPSA) is 65.4 Å². The summed E-state index contributed by atoms with van der Waals surface area (Å²) in [5.74, 6) is 0.781. The van der Waals surface area contributed by atoms with Gasteiger partial charge in [-0.25, -0.2) is 4.98 Å². The lowest BCUT2D eigenvalue weighted by molar-refractivity contribution is 0.105. The maximum atomic E-state index is 9.17. The first-order valence-corrected chi connectivity index (χ1v) is 5.31. The highest BCUT2D eigenvalue weighted by molar-refractivity contribution is 5.40. The highest BCUT2D eigenvalue weighted by Gasteiger charge is 2.12. The Morgan fingerprint density at radius 1 is 1.40 bits per heavy atom. The number of nitrogens with zero attached hydrogens (tertiary/aromatic N) is 1. The van der Waals surface area contributed by atoms with Gasteiger partial charge < -0.3 is 15.5 Å². The Labute approximate surface area is 89.0 Å². The Morgan fingerprint density at radius 3 is 3.07 bits per heavy atom. The number of aromatic nitrogens is 1. The van der Waals surface area contributed by atoms with Crippen LogP contribution >= 0.6 is 0 Å². The Kier molecular flexibility index (Phi) is 3.18. The standard InChI is InChI=1S/C11H16N2O2/c14-7-9(15)6-12-11-5-4-8-2-1-3-10(8)13-11/h4-5,9,14-15H,1-3,6-7H2,(H,12,13). The van der Waals surface area contributed by atoms with E-state index in [0.717, 1.165) is 18.7 Å². The maximum Gasteiger partial charge on any atom is 0.126 e. The van der Waals surface area contributed by atoms with Crippen molar-refractivity contribution in [2.45, 2.75) is 25.4 Å². The second kappa shape index (κ2) is 4.59. The average molecular weight is 208 g/mol. The van der Waals surface area contributed by atoms with Gasteiger partial charge >= 0.3 is 0 Å². The molecule has 0 fully saturated rings. The number of nitrogens with one attached hydrogen (secondary N) is 1. The van der Waals surface area contributed by atoms with Crippen LogP contribution in [0.4, 0.5) is 5.82 Å². The smallest absolute Gasteiger partial charge is 0.126 e. The van der Waals surface area contributed by atoms with E-state index in [1.807, 2.05) is 6.07 Å². The van der Waals surface area contributed by atoms with Crippen molar-refractivity contribution in [3.8, 4) is 0 Å². The van der Waals surface area contributed by atoms with Gasteiger partial charge in [0.15, 0.2) is 0 Å². The third kappa shape index (κ3) is 2.46. The van der Waals surface area contributed by atoms with E-state index in [4.69, 9.17) is 5.11 Å². The fourth-order valence-electron chi connectivity index (χ4n) is 1.81. The Balaban J connectivity index is 1.98. The van der Waals surface area contributed by atoms with E-state index < -0.39 is 6.10 Å². The van der Waals surface area contributed by atoms with Crippen molar-refractivity contribution in [3.63, 3.8) is 0 Å². The molecular formula is C11H16N2O2. The Morgan fingerprint density at radius 2 is 2.27 bits per heavy atom. The molecule has 1 heterocycles. The van der Waals surface area contributed by atoms with Crippen LogP contribution in [-0.4, -0.2) is 34.5 Å². The molecule has 4 heteroatoms. The van der Waals surface area contributed by atoms with Gasteiger partial charge in [0, 0.05) is 12.2 Å². The highest BCUT2D eigenvalue weighted by atomic mass is 16.3. The summed E-state index contributed by atoms with van der Waals surface area (Å²) in [6.07, 6.45) is 2.64. The largest absolute Gasteiger partial charge is 0.394 e. The quantitative estimate of drug-likeness (QED) is 0.667. The van der Waals surface area contributed by atoms with Crippen molar-refractivity contribution in [2.75, 3.05) is 18.5 Å². The van der Waals surface area contributed by atoms with E-state index in [1.54, 1.807) is 0 Å². The van der Waals surface area contributed by atoms with Crippen molar-refractivity contribution < 1.29 is 10.2 Å². The average Bonchev–Trinajstić information content (AvgIpc) is 2.72.